The van der Waals surface area contributed by atoms with Gasteiger partial charge in [0.25, 0.3) is 0 Å². The van der Waals surface area contributed by atoms with Crippen LogP contribution >= 0.6 is 23.1 Å². The number of aromatic nitrogens is 2. The van der Waals surface area contributed by atoms with Crippen molar-refractivity contribution < 1.29 is 9.21 Å². The van der Waals surface area contributed by atoms with Gasteiger partial charge in [-0.2, -0.15) is 0 Å². The first-order chi connectivity index (χ1) is 11.7. The minimum Gasteiger partial charge on any atom is -0.467 e. The molecule has 8 heteroatoms. The van der Waals surface area contributed by atoms with E-state index in [1.165, 1.54) is 55.2 Å². The molecule has 0 aliphatic heterocycles. The average Bonchev–Trinajstić information content (AvgIpc) is 3.26. The highest BCUT2D eigenvalue weighted by atomic mass is 32.2. The van der Waals surface area contributed by atoms with Crippen LogP contribution in [0.25, 0.3) is 0 Å². The molecule has 0 aromatic carbocycles. The third kappa shape index (κ3) is 4.98. The molecule has 0 radical (unpaired) electrons. The van der Waals surface area contributed by atoms with Crippen molar-refractivity contribution in [3.63, 3.8) is 0 Å². The Bertz CT molecular complexity index is 638. The summed E-state index contributed by atoms with van der Waals surface area (Å²) in [5, 5.41) is 15.6. The zero-order valence-electron chi connectivity index (χ0n) is 13.7. The maximum atomic E-state index is 12.0. The molecule has 6 nitrogen and oxygen atoms in total. The molecule has 1 amide bonds. The van der Waals surface area contributed by atoms with Crippen molar-refractivity contribution in [2.75, 3.05) is 11.1 Å². The van der Waals surface area contributed by atoms with Crippen molar-refractivity contribution in [2.45, 2.75) is 55.5 Å². The van der Waals surface area contributed by atoms with Gasteiger partial charge in [-0.3, -0.25) is 4.79 Å². The fourth-order valence-corrected chi connectivity index (χ4v) is 4.41. The fourth-order valence-electron chi connectivity index (χ4n) is 2.77. The molecule has 1 saturated carbocycles. The molecule has 2 aromatic rings. The standard InChI is InChI=1S/C16H22N4O2S2/c1-11(13-8-5-9-22-13)17-14(21)10-23-16-20-19-15(24-16)18-12-6-3-2-4-7-12/h5,8-9,11-12H,2-4,6-7,10H2,1H3,(H,17,21)(H,18,19)/t11-/m1/s1. The van der Waals surface area contributed by atoms with Crippen molar-refractivity contribution in [1.29, 1.82) is 0 Å². The van der Waals surface area contributed by atoms with Gasteiger partial charge in [0.2, 0.25) is 11.0 Å². The first-order valence-corrected chi connectivity index (χ1v) is 10.1. The second-order valence-electron chi connectivity index (χ2n) is 5.95. The molecule has 0 saturated heterocycles. The summed E-state index contributed by atoms with van der Waals surface area (Å²) in [6.45, 7) is 1.90. The van der Waals surface area contributed by atoms with Crippen LogP contribution in [0, 0.1) is 0 Å². The minimum absolute atomic E-state index is 0.0408. The van der Waals surface area contributed by atoms with Crippen LogP contribution in [-0.2, 0) is 4.79 Å². The molecule has 24 heavy (non-hydrogen) atoms. The normalized spacial score (nSPS) is 16.7. The Hall–Kier alpha value is -1.54. The second kappa shape index (κ2) is 8.53. The van der Waals surface area contributed by atoms with E-state index in [-0.39, 0.29) is 11.9 Å². The predicted molar refractivity (Wildman–Crippen MR) is 96.4 cm³/mol. The number of hydrogen-bond acceptors (Lipinski definition) is 7. The summed E-state index contributed by atoms with van der Waals surface area (Å²) in [5.41, 5.74) is 0. The Morgan fingerprint density at radius 3 is 3.00 bits per heavy atom. The Morgan fingerprint density at radius 2 is 2.25 bits per heavy atom. The number of carbonyl (C=O) groups excluding carboxylic acids is 1. The van der Waals surface area contributed by atoms with E-state index in [0.717, 1.165) is 15.2 Å². The maximum absolute atomic E-state index is 12.0. The van der Waals surface area contributed by atoms with Crippen molar-refractivity contribution in [3.05, 3.63) is 24.2 Å². The van der Waals surface area contributed by atoms with Gasteiger partial charge in [-0.25, -0.2) is 0 Å². The Kier molecular flexibility index (Phi) is 6.14. The summed E-state index contributed by atoms with van der Waals surface area (Å²) in [7, 11) is 0. The molecule has 1 aliphatic carbocycles. The molecular weight excluding hydrogens is 344 g/mol. The van der Waals surface area contributed by atoms with E-state index in [1.54, 1.807) is 6.26 Å². The smallest absolute Gasteiger partial charge is 0.231 e. The summed E-state index contributed by atoms with van der Waals surface area (Å²) in [4.78, 5) is 12.0. The van der Waals surface area contributed by atoms with Gasteiger partial charge >= 0.3 is 0 Å². The number of thioether (sulfide) groups is 1. The van der Waals surface area contributed by atoms with E-state index >= 15 is 0 Å². The molecule has 0 spiro atoms. The summed E-state index contributed by atoms with van der Waals surface area (Å²) >= 11 is 2.93. The first kappa shape index (κ1) is 17.3. The molecule has 2 aromatic heterocycles. The average molecular weight is 367 g/mol. The molecule has 2 N–H and O–H groups in total. The number of amides is 1. The van der Waals surface area contributed by atoms with E-state index in [2.05, 4.69) is 20.8 Å². The molecule has 0 bridgehead atoms. The lowest BCUT2D eigenvalue weighted by Crippen LogP contribution is -2.27. The van der Waals surface area contributed by atoms with E-state index < -0.39 is 0 Å². The van der Waals surface area contributed by atoms with Crippen LogP contribution in [0.15, 0.2) is 27.2 Å². The first-order valence-electron chi connectivity index (χ1n) is 8.26. The molecule has 2 heterocycles. The van der Waals surface area contributed by atoms with Crippen LogP contribution in [0.4, 0.5) is 5.13 Å². The second-order valence-corrected chi connectivity index (χ2v) is 8.15. The van der Waals surface area contributed by atoms with Gasteiger partial charge in [0.1, 0.15) is 5.76 Å². The van der Waals surface area contributed by atoms with Crippen LogP contribution in [-0.4, -0.2) is 27.9 Å². The largest absolute Gasteiger partial charge is 0.467 e. The highest BCUT2D eigenvalue weighted by Gasteiger charge is 2.16. The molecule has 1 aliphatic rings. The van der Waals surface area contributed by atoms with Gasteiger partial charge in [0.05, 0.1) is 18.1 Å². The molecular formula is C16H22N4O2S2. The van der Waals surface area contributed by atoms with Crippen molar-refractivity contribution in [3.8, 4) is 0 Å². The summed E-state index contributed by atoms with van der Waals surface area (Å²) < 4.78 is 6.10. The monoisotopic (exact) mass is 366 g/mol. The lowest BCUT2D eigenvalue weighted by Gasteiger charge is -2.21. The molecule has 3 rings (SSSR count). The van der Waals surface area contributed by atoms with Gasteiger partial charge in [0.15, 0.2) is 4.34 Å². The molecule has 130 valence electrons. The van der Waals surface area contributed by atoms with Crippen molar-refractivity contribution in [1.82, 2.24) is 15.5 Å². The molecule has 1 fully saturated rings. The van der Waals surface area contributed by atoms with Gasteiger partial charge in [-0.1, -0.05) is 42.4 Å². The third-order valence-electron chi connectivity index (χ3n) is 4.01. The number of nitrogens with zero attached hydrogens (tertiary/aromatic N) is 2. The highest BCUT2D eigenvalue weighted by molar-refractivity contribution is 8.01. The van der Waals surface area contributed by atoms with Gasteiger partial charge < -0.3 is 15.1 Å². The number of nitrogens with one attached hydrogen (secondary N) is 2. The van der Waals surface area contributed by atoms with E-state index in [1.807, 2.05) is 19.1 Å². The number of carbonyl (C=O) groups is 1. The number of furan rings is 1. The number of anilines is 1. The van der Waals surface area contributed by atoms with E-state index in [0.29, 0.717) is 11.8 Å². The summed E-state index contributed by atoms with van der Waals surface area (Å²) in [5.74, 6) is 1.03. The zero-order valence-corrected chi connectivity index (χ0v) is 15.3. The van der Waals surface area contributed by atoms with Crippen LogP contribution in [0.3, 0.4) is 0 Å². The van der Waals surface area contributed by atoms with Crippen LogP contribution in [0.2, 0.25) is 0 Å². The highest BCUT2D eigenvalue weighted by Crippen LogP contribution is 2.28. The third-order valence-corrected chi connectivity index (χ3v) is 6.00. The predicted octanol–water partition coefficient (Wildman–Crippen LogP) is 3.85. The van der Waals surface area contributed by atoms with Crippen molar-refractivity contribution >= 4 is 34.1 Å². The quantitative estimate of drug-likeness (QED) is 0.725. The SMILES string of the molecule is C[C@@H](NC(=O)CSc1nnc(NC2CCCCC2)s1)c1ccco1. The Balaban J connectivity index is 1.42. The zero-order chi connectivity index (χ0) is 16.8. The summed E-state index contributed by atoms with van der Waals surface area (Å²) in [6, 6.07) is 4.05. The van der Waals surface area contributed by atoms with Crippen LogP contribution in [0.1, 0.15) is 50.8 Å². The minimum atomic E-state index is -0.133. The topological polar surface area (TPSA) is 80.0 Å². The van der Waals surface area contributed by atoms with Gasteiger partial charge in [-0.05, 0) is 31.9 Å². The lowest BCUT2D eigenvalue weighted by atomic mass is 9.96. The van der Waals surface area contributed by atoms with E-state index in [9.17, 15) is 4.79 Å². The maximum Gasteiger partial charge on any atom is 0.231 e. The fraction of sp³-hybridized carbons (Fsp3) is 0.562. The molecule has 0 unspecified atom stereocenters. The van der Waals surface area contributed by atoms with Crippen LogP contribution in [0.5, 0.6) is 0 Å². The number of hydrogen-bond donors (Lipinski definition) is 2. The molecule has 1 atom stereocenters. The Labute approximate surface area is 149 Å². The van der Waals surface area contributed by atoms with Gasteiger partial charge in [-0.15, -0.1) is 10.2 Å². The van der Waals surface area contributed by atoms with Crippen LogP contribution < -0.4 is 10.6 Å². The number of rotatable bonds is 7. The van der Waals surface area contributed by atoms with Crippen molar-refractivity contribution in [2.24, 2.45) is 0 Å². The Morgan fingerprint density at radius 1 is 1.42 bits per heavy atom. The summed E-state index contributed by atoms with van der Waals surface area (Å²) in [6.07, 6.45) is 7.91. The lowest BCUT2D eigenvalue weighted by molar-refractivity contribution is -0.119. The van der Waals surface area contributed by atoms with Gasteiger partial charge in [0, 0.05) is 6.04 Å². The van der Waals surface area contributed by atoms with E-state index in [4.69, 9.17) is 4.42 Å².